The van der Waals surface area contributed by atoms with E-state index < -0.39 is 6.10 Å². The molecule has 6 nitrogen and oxygen atoms in total. The number of amides is 2. The van der Waals surface area contributed by atoms with Crippen LogP contribution in [-0.2, 0) is 16.0 Å². The Hall–Kier alpha value is -3.32. The predicted octanol–water partition coefficient (Wildman–Crippen LogP) is 3.61. The molecule has 4 rings (SSSR count). The first-order valence-corrected chi connectivity index (χ1v) is 10.7. The van der Waals surface area contributed by atoms with Crippen LogP contribution in [0.2, 0.25) is 0 Å². The molecule has 0 N–H and O–H groups in total. The van der Waals surface area contributed by atoms with Crippen LogP contribution in [0.3, 0.4) is 0 Å². The van der Waals surface area contributed by atoms with Crippen LogP contribution in [0.5, 0.6) is 0 Å². The Morgan fingerprint density at radius 3 is 2.66 bits per heavy atom. The van der Waals surface area contributed by atoms with E-state index in [0.29, 0.717) is 43.8 Å². The van der Waals surface area contributed by atoms with Gasteiger partial charge in [-0.3, -0.25) is 9.59 Å². The molecule has 32 heavy (non-hydrogen) atoms. The number of para-hydroxylation sites is 1. The maximum absolute atomic E-state index is 13.1. The Morgan fingerprint density at radius 1 is 1.16 bits per heavy atom. The topological polar surface area (TPSA) is 62.7 Å². The van der Waals surface area contributed by atoms with Gasteiger partial charge in [0.2, 0.25) is 5.91 Å². The van der Waals surface area contributed by atoms with Gasteiger partial charge in [0.1, 0.15) is 11.9 Å². The van der Waals surface area contributed by atoms with E-state index in [2.05, 4.69) is 0 Å². The molecule has 1 aliphatic heterocycles. The summed E-state index contributed by atoms with van der Waals surface area (Å²) in [5, 5.41) is 0.790. The summed E-state index contributed by atoms with van der Waals surface area (Å²) in [6, 6.07) is 15.5. The zero-order chi connectivity index (χ0) is 22.7. The van der Waals surface area contributed by atoms with E-state index in [1.54, 1.807) is 42.1 Å². The third-order valence-electron chi connectivity index (χ3n) is 5.66. The molecule has 1 fully saturated rings. The van der Waals surface area contributed by atoms with Crippen LogP contribution in [-0.4, -0.2) is 60.4 Å². The van der Waals surface area contributed by atoms with Crippen molar-refractivity contribution in [2.75, 3.05) is 33.8 Å². The quantitative estimate of drug-likeness (QED) is 0.614. The normalized spacial score (nSPS) is 16.2. The van der Waals surface area contributed by atoms with Crippen molar-refractivity contribution < 1.29 is 18.7 Å². The lowest BCUT2D eigenvalue weighted by Gasteiger charge is -2.33. The fraction of sp³-hybridized carbons (Fsp3) is 0.320. The summed E-state index contributed by atoms with van der Waals surface area (Å²) in [4.78, 5) is 33.6. The number of benzene rings is 2. The third-order valence-corrected chi connectivity index (χ3v) is 5.66. The van der Waals surface area contributed by atoms with Gasteiger partial charge in [-0.25, -0.2) is 9.37 Å². The molecule has 0 radical (unpaired) electrons. The number of aromatic nitrogens is 1. The van der Waals surface area contributed by atoms with Crippen LogP contribution >= 0.6 is 0 Å². The maximum atomic E-state index is 13.1. The van der Waals surface area contributed by atoms with Crippen molar-refractivity contribution in [3.8, 4) is 0 Å². The smallest absolute Gasteiger partial charge is 0.254 e. The number of ether oxygens (including phenoxy) is 1. The first-order chi connectivity index (χ1) is 15.4. The van der Waals surface area contributed by atoms with Crippen molar-refractivity contribution in [1.82, 2.24) is 14.8 Å². The Bertz CT molecular complexity index is 1130. The van der Waals surface area contributed by atoms with Crippen molar-refractivity contribution >= 4 is 22.7 Å². The second-order valence-electron chi connectivity index (χ2n) is 8.14. The minimum atomic E-state index is -0.406. The van der Waals surface area contributed by atoms with E-state index in [9.17, 15) is 14.0 Å². The summed E-state index contributed by atoms with van der Waals surface area (Å²) < 4.78 is 19.0. The molecule has 1 aliphatic rings. The Kier molecular flexibility index (Phi) is 6.46. The summed E-state index contributed by atoms with van der Waals surface area (Å²) >= 11 is 0. The van der Waals surface area contributed by atoms with Gasteiger partial charge in [0, 0.05) is 32.4 Å². The van der Waals surface area contributed by atoms with Crippen LogP contribution in [0.4, 0.5) is 4.39 Å². The van der Waals surface area contributed by atoms with E-state index in [-0.39, 0.29) is 17.6 Å². The summed E-state index contributed by atoms with van der Waals surface area (Å²) in [5.74, 6) is -0.369. The highest BCUT2D eigenvalue weighted by molar-refractivity contribution is 6.06. The summed E-state index contributed by atoms with van der Waals surface area (Å²) in [6.45, 7) is 1.29. The molecule has 0 spiro atoms. The molecule has 3 aromatic rings. The molecule has 0 aliphatic carbocycles. The Morgan fingerprint density at radius 2 is 1.91 bits per heavy atom. The fourth-order valence-electron chi connectivity index (χ4n) is 3.89. The van der Waals surface area contributed by atoms with Crippen molar-refractivity contribution in [3.63, 3.8) is 0 Å². The SMILES string of the molecule is CN(C)C(=O)c1cc(C2CN(C(=O)CCc3ccc(F)cc3)CCO2)nc2ccccc12. The summed E-state index contributed by atoms with van der Waals surface area (Å²) in [7, 11) is 3.44. The zero-order valence-corrected chi connectivity index (χ0v) is 18.3. The molecule has 0 bridgehead atoms. The second kappa shape index (κ2) is 9.44. The van der Waals surface area contributed by atoms with Gasteiger partial charge in [-0.2, -0.15) is 0 Å². The van der Waals surface area contributed by atoms with Gasteiger partial charge >= 0.3 is 0 Å². The number of nitrogens with zero attached hydrogens (tertiary/aromatic N) is 3. The van der Waals surface area contributed by atoms with E-state index in [4.69, 9.17) is 9.72 Å². The lowest BCUT2D eigenvalue weighted by molar-refractivity contribution is -0.139. The molecule has 1 aromatic heterocycles. The first-order valence-electron chi connectivity index (χ1n) is 10.7. The molecular weight excluding hydrogens is 409 g/mol. The van der Waals surface area contributed by atoms with Crippen molar-refractivity contribution in [3.05, 3.63) is 77.2 Å². The van der Waals surface area contributed by atoms with Crippen LogP contribution in [0.15, 0.2) is 54.6 Å². The number of fused-ring (bicyclic) bond motifs is 1. The number of hydrogen-bond acceptors (Lipinski definition) is 4. The van der Waals surface area contributed by atoms with E-state index >= 15 is 0 Å². The minimum absolute atomic E-state index is 0.0213. The number of aryl methyl sites for hydroxylation is 1. The number of rotatable bonds is 5. The maximum Gasteiger partial charge on any atom is 0.254 e. The largest absolute Gasteiger partial charge is 0.368 e. The number of hydrogen-bond donors (Lipinski definition) is 0. The number of carbonyl (C=O) groups excluding carboxylic acids is 2. The van der Waals surface area contributed by atoms with Crippen molar-refractivity contribution in [2.24, 2.45) is 0 Å². The van der Waals surface area contributed by atoms with Gasteiger partial charge in [0.15, 0.2) is 0 Å². The van der Waals surface area contributed by atoms with Gasteiger partial charge in [-0.1, -0.05) is 30.3 Å². The molecule has 1 atom stereocenters. The van der Waals surface area contributed by atoms with Gasteiger partial charge in [0.25, 0.3) is 5.91 Å². The van der Waals surface area contributed by atoms with Crippen molar-refractivity contribution in [1.29, 1.82) is 0 Å². The molecule has 7 heteroatoms. The predicted molar refractivity (Wildman–Crippen MR) is 120 cm³/mol. The molecule has 2 heterocycles. The summed E-state index contributed by atoms with van der Waals surface area (Å²) in [6.07, 6.45) is 0.488. The summed E-state index contributed by atoms with van der Waals surface area (Å²) in [5.41, 5.74) is 2.86. The highest BCUT2D eigenvalue weighted by Gasteiger charge is 2.27. The zero-order valence-electron chi connectivity index (χ0n) is 18.3. The Balaban J connectivity index is 1.52. The Labute approximate surface area is 186 Å². The highest BCUT2D eigenvalue weighted by Crippen LogP contribution is 2.27. The molecule has 1 saturated heterocycles. The van der Waals surface area contributed by atoms with Crippen LogP contribution in [0.25, 0.3) is 10.9 Å². The minimum Gasteiger partial charge on any atom is -0.368 e. The number of halogens is 1. The van der Waals surface area contributed by atoms with E-state index in [0.717, 1.165) is 16.5 Å². The third kappa shape index (κ3) is 4.78. The van der Waals surface area contributed by atoms with Gasteiger partial charge in [-0.05, 0) is 36.2 Å². The molecule has 2 amide bonds. The van der Waals surface area contributed by atoms with Gasteiger partial charge in [-0.15, -0.1) is 0 Å². The molecule has 2 aromatic carbocycles. The lowest BCUT2D eigenvalue weighted by atomic mass is 10.0. The monoisotopic (exact) mass is 435 g/mol. The highest BCUT2D eigenvalue weighted by atomic mass is 19.1. The number of carbonyl (C=O) groups is 2. The number of morpholine rings is 1. The number of pyridine rings is 1. The van der Waals surface area contributed by atoms with Crippen LogP contribution < -0.4 is 0 Å². The lowest BCUT2D eigenvalue weighted by Crippen LogP contribution is -2.42. The van der Waals surface area contributed by atoms with Crippen molar-refractivity contribution in [2.45, 2.75) is 18.9 Å². The van der Waals surface area contributed by atoms with E-state index in [1.807, 2.05) is 24.3 Å². The average Bonchev–Trinajstić information content (AvgIpc) is 2.82. The van der Waals surface area contributed by atoms with Crippen LogP contribution in [0.1, 0.15) is 34.1 Å². The average molecular weight is 435 g/mol. The standard InChI is InChI=1S/C25H26FN3O3/c1-28(2)25(31)20-15-22(27-21-6-4-3-5-19(20)21)23-16-29(13-14-32-23)24(30)12-9-17-7-10-18(26)11-8-17/h3-8,10-11,15,23H,9,12-14,16H2,1-2H3. The van der Waals surface area contributed by atoms with E-state index in [1.165, 1.54) is 12.1 Å². The van der Waals surface area contributed by atoms with Crippen LogP contribution in [0, 0.1) is 5.82 Å². The first kappa shape index (κ1) is 21.9. The molecule has 166 valence electrons. The van der Waals surface area contributed by atoms with Gasteiger partial charge < -0.3 is 14.5 Å². The molecular formula is C25H26FN3O3. The second-order valence-corrected chi connectivity index (χ2v) is 8.14. The molecule has 1 unspecified atom stereocenters. The molecule has 0 saturated carbocycles. The van der Waals surface area contributed by atoms with Gasteiger partial charge in [0.05, 0.1) is 29.9 Å². The fourth-order valence-corrected chi connectivity index (χ4v) is 3.89.